The van der Waals surface area contributed by atoms with E-state index in [0.29, 0.717) is 5.56 Å². The minimum Gasteiger partial charge on any atom is -0.297 e. The molecule has 1 aliphatic rings. The van der Waals surface area contributed by atoms with Crippen LogP contribution in [0.3, 0.4) is 0 Å². The number of carbonyl (C=O) groups excluding carboxylic acids is 3. The van der Waals surface area contributed by atoms with Crippen LogP contribution in [0.1, 0.15) is 5.56 Å². The summed E-state index contributed by atoms with van der Waals surface area (Å²) in [6, 6.07) is 5.56. The molecule has 1 heterocycles. The molecule has 1 aliphatic heterocycles. The van der Waals surface area contributed by atoms with E-state index in [4.69, 9.17) is 0 Å². The van der Waals surface area contributed by atoms with Gasteiger partial charge < -0.3 is 0 Å². The average molecular weight is 267 g/mol. The summed E-state index contributed by atoms with van der Waals surface area (Å²) in [7, 11) is 0. The average Bonchev–Trinajstić information content (AvgIpc) is 2.64. The molecule has 0 radical (unpaired) electrons. The topological polar surface area (TPSA) is 54.5 Å². The molecule has 18 heavy (non-hydrogen) atoms. The number of thioether (sulfide) groups is 1. The van der Waals surface area contributed by atoms with Gasteiger partial charge in [-0.3, -0.25) is 19.3 Å². The van der Waals surface area contributed by atoms with E-state index in [1.165, 1.54) is 24.3 Å². The Morgan fingerprint density at radius 2 is 1.94 bits per heavy atom. The predicted octanol–water partition coefficient (Wildman–Crippen LogP) is 1.63. The monoisotopic (exact) mass is 267 g/mol. The highest BCUT2D eigenvalue weighted by Crippen LogP contribution is 2.18. The molecule has 0 saturated carbocycles. The standard InChI is InChI=1S/C12H10FNO3S/c13-9-3-1-8(2-4-9)5-10(15)6-14-11(16)7-18-12(14)17/h1-4H,5-7H2. The zero-order valence-corrected chi connectivity index (χ0v) is 10.2. The summed E-state index contributed by atoms with van der Waals surface area (Å²) in [5, 5.41) is -0.382. The fourth-order valence-corrected chi connectivity index (χ4v) is 2.32. The lowest BCUT2D eigenvalue weighted by Crippen LogP contribution is -2.34. The first kappa shape index (κ1) is 12.8. The van der Waals surface area contributed by atoms with Crippen LogP contribution in [0.25, 0.3) is 0 Å². The molecular formula is C12H10FNO3S. The maximum atomic E-state index is 12.7. The molecule has 0 N–H and O–H groups in total. The molecule has 0 aliphatic carbocycles. The van der Waals surface area contributed by atoms with Gasteiger partial charge in [0.15, 0.2) is 5.78 Å². The van der Waals surface area contributed by atoms with E-state index in [-0.39, 0.29) is 41.5 Å². The highest BCUT2D eigenvalue weighted by atomic mass is 32.2. The molecule has 1 saturated heterocycles. The van der Waals surface area contributed by atoms with Gasteiger partial charge in [0, 0.05) is 6.42 Å². The van der Waals surface area contributed by atoms with Gasteiger partial charge in [0.1, 0.15) is 5.82 Å². The second kappa shape index (κ2) is 5.30. The second-order valence-electron chi connectivity index (χ2n) is 3.88. The van der Waals surface area contributed by atoms with Crippen molar-refractivity contribution in [1.82, 2.24) is 4.90 Å². The number of benzene rings is 1. The molecule has 94 valence electrons. The molecule has 0 atom stereocenters. The minimum absolute atomic E-state index is 0.0853. The summed E-state index contributed by atoms with van der Waals surface area (Å²) in [6.07, 6.45) is 0.0853. The van der Waals surface area contributed by atoms with Gasteiger partial charge in [-0.25, -0.2) is 4.39 Å². The van der Waals surface area contributed by atoms with E-state index in [1.807, 2.05) is 0 Å². The maximum Gasteiger partial charge on any atom is 0.289 e. The van der Waals surface area contributed by atoms with Crippen LogP contribution in [0.5, 0.6) is 0 Å². The van der Waals surface area contributed by atoms with E-state index in [0.717, 1.165) is 16.7 Å². The van der Waals surface area contributed by atoms with Crippen molar-refractivity contribution in [3.05, 3.63) is 35.6 Å². The largest absolute Gasteiger partial charge is 0.297 e. The van der Waals surface area contributed by atoms with E-state index in [1.54, 1.807) is 0 Å². The van der Waals surface area contributed by atoms with Crippen LogP contribution >= 0.6 is 11.8 Å². The zero-order chi connectivity index (χ0) is 13.1. The first-order chi connectivity index (χ1) is 8.56. The van der Waals surface area contributed by atoms with Gasteiger partial charge in [-0.15, -0.1) is 0 Å². The Bertz CT molecular complexity index is 485. The quantitative estimate of drug-likeness (QED) is 0.832. The molecule has 1 fully saturated rings. The molecule has 0 spiro atoms. The zero-order valence-electron chi connectivity index (χ0n) is 9.39. The van der Waals surface area contributed by atoms with Gasteiger partial charge in [0.2, 0.25) is 5.91 Å². The van der Waals surface area contributed by atoms with Gasteiger partial charge in [-0.05, 0) is 17.7 Å². The highest BCUT2D eigenvalue weighted by Gasteiger charge is 2.31. The van der Waals surface area contributed by atoms with Crippen molar-refractivity contribution in [3.63, 3.8) is 0 Å². The van der Waals surface area contributed by atoms with E-state index >= 15 is 0 Å². The molecule has 1 aromatic rings. The van der Waals surface area contributed by atoms with Crippen molar-refractivity contribution in [2.75, 3.05) is 12.3 Å². The van der Waals surface area contributed by atoms with Crippen molar-refractivity contribution in [2.24, 2.45) is 0 Å². The Hall–Kier alpha value is -1.69. The summed E-state index contributed by atoms with van der Waals surface area (Å²) in [6.45, 7) is -0.206. The van der Waals surface area contributed by atoms with Crippen molar-refractivity contribution in [1.29, 1.82) is 0 Å². The Morgan fingerprint density at radius 3 is 2.50 bits per heavy atom. The van der Waals surface area contributed by atoms with Gasteiger partial charge in [-0.1, -0.05) is 23.9 Å². The number of imide groups is 1. The van der Waals surface area contributed by atoms with Crippen molar-refractivity contribution < 1.29 is 18.8 Å². The molecule has 0 unspecified atom stereocenters. The second-order valence-corrected chi connectivity index (χ2v) is 4.80. The molecular weight excluding hydrogens is 257 g/mol. The Balaban J connectivity index is 1.94. The number of Topliss-reactive ketones (excluding diaryl/α,β-unsaturated/α-hetero) is 1. The summed E-state index contributed by atoms with van der Waals surface area (Å²) < 4.78 is 12.7. The third-order valence-electron chi connectivity index (χ3n) is 2.49. The molecule has 0 aromatic heterocycles. The lowest BCUT2D eigenvalue weighted by atomic mass is 10.1. The van der Waals surface area contributed by atoms with Gasteiger partial charge >= 0.3 is 0 Å². The summed E-state index contributed by atoms with van der Waals surface area (Å²) in [5.74, 6) is -0.849. The summed E-state index contributed by atoms with van der Waals surface area (Å²) >= 11 is 0.899. The normalized spacial score (nSPS) is 15.3. The van der Waals surface area contributed by atoms with E-state index < -0.39 is 0 Å². The number of hydrogen-bond donors (Lipinski definition) is 0. The Morgan fingerprint density at radius 1 is 1.28 bits per heavy atom. The van der Waals surface area contributed by atoms with Crippen LogP contribution in [-0.4, -0.2) is 34.1 Å². The first-order valence-electron chi connectivity index (χ1n) is 5.29. The number of ketones is 1. The van der Waals surface area contributed by atoms with E-state index in [2.05, 4.69) is 0 Å². The first-order valence-corrected chi connectivity index (χ1v) is 6.28. The lowest BCUT2D eigenvalue weighted by molar-refractivity contribution is -0.129. The minimum atomic E-state index is -0.382. The molecule has 6 heteroatoms. The fourth-order valence-electron chi connectivity index (χ4n) is 1.60. The van der Waals surface area contributed by atoms with Crippen LogP contribution < -0.4 is 0 Å². The number of amides is 2. The van der Waals surface area contributed by atoms with E-state index in [9.17, 15) is 18.8 Å². The highest BCUT2D eigenvalue weighted by molar-refractivity contribution is 8.14. The van der Waals surface area contributed by atoms with Crippen LogP contribution in [0.15, 0.2) is 24.3 Å². The molecule has 0 bridgehead atoms. The third-order valence-corrected chi connectivity index (χ3v) is 3.35. The number of rotatable bonds is 4. The van der Waals surface area contributed by atoms with Gasteiger partial charge in [0.25, 0.3) is 5.24 Å². The van der Waals surface area contributed by atoms with Crippen molar-refractivity contribution in [3.8, 4) is 0 Å². The van der Waals surface area contributed by atoms with Crippen LogP contribution in [0.4, 0.5) is 9.18 Å². The van der Waals surface area contributed by atoms with Crippen molar-refractivity contribution in [2.45, 2.75) is 6.42 Å². The van der Waals surface area contributed by atoms with Gasteiger partial charge in [-0.2, -0.15) is 0 Å². The third kappa shape index (κ3) is 2.95. The number of carbonyl (C=O) groups is 3. The SMILES string of the molecule is O=C(Cc1ccc(F)cc1)CN1C(=O)CSC1=O. The number of hydrogen-bond acceptors (Lipinski definition) is 4. The maximum absolute atomic E-state index is 12.7. The predicted molar refractivity (Wildman–Crippen MR) is 64.7 cm³/mol. The fraction of sp³-hybridized carbons (Fsp3) is 0.250. The number of nitrogens with zero attached hydrogens (tertiary/aromatic N) is 1. The lowest BCUT2D eigenvalue weighted by Gasteiger charge is -2.11. The van der Waals surface area contributed by atoms with Crippen LogP contribution in [0.2, 0.25) is 0 Å². The Labute approximate surface area is 107 Å². The van der Waals surface area contributed by atoms with Crippen LogP contribution in [0, 0.1) is 5.82 Å². The summed E-state index contributed by atoms with van der Waals surface area (Å²) in [4.78, 5) is 35.2. The van der Waals surface area contributed by atoms with Gasteiger partial charge in [0.05, 0.1) is 12.3 Å². The number of halogens is 1. The molecule has 2 amide bonds. The Kier molecular flexibility index (Phi) is 3.76. The smallest absolute Gasteiger partial charge is 0.289 e. The molecule has 4 nitrogen and oxygen atoms in total. The van der Waals surface area contributed by atoms with Crippen LogP contribution in [-0.2, 0) is 16.0 Å². The molecule has 1 aromatic carbocycles. The summed E-state index contributed by atoms with van der Waals surface area (Å²) in [5.41, 5.74) is 0.660. The molecule has 2 rings (SSSR count). The van der Waals surface area contributed by atoms with Crippen molar-refractivity contribution >= 4 is 28.7 Å².